The number of amides is 1. The summed E-state index contributed by atoms with van der Waals surface area (Å²) < 4.78 is 1.50. The number of benzene rings is 1. The highest BCUT2D eigenvalue weighted by molar-refractivity contribution is 6.06. The number of hydrogen-bond acceptors (Lipinski definition) is 4. The molecule has 106 valence electrons. The van der Waals surface area contributed by atoms with Crippen LogP contribution in [-0.4, -0.2) is 27.4 Å². The van der Waals surface area contributed by atoms with Crippen molar-refractivity contribution in [3.05, 3.63) is 41.7 Å². The molecule has 4 N–H and O–H groups in total. The van der Waals surface area contributed by atoms with Crippen molar-refractivity contribution in [1.29, 1.82) is 0 Å². The van der Waals surface area contributed by atoms with E-state index in [0.29, 0.717) is 17.8 Å². The van der Waals surface area contributed by atoms with Crippen molar-refractivity contribution in [1.82, 2.24) is 9.78 Å². The van der Waals surface area contributed by atoms with Crippen molar-refractivity contribution in [3.8, 4) is 0 Å². The number of aliphatic hydroxyl groups excluding tert-OH is 1. The molecular weight excluding hydrogens is 256 g/mol. The molecule has 2 aromatic rings. The van der Waals surface area contributed by atoms with E-state index in [1.807, 2.05) is 18.2 Å². The molecule has 0 radical (unpaired) electrons. The van der Waals surface area contributed by atoms with Gasteiger partial charge in [0.1, 0.15) is 0 Å². The van der Waals surface area contributed by atoms with Gasteiger partial charge in [0.15, 0.2) is 5.69 Å². The lowest BCUT2D eigenvalue weighted by Gasteiger charge is -2.06. The number of nitrogens with zero attached hydrogens (tertiary/aromatic N) is 2. The maximum Gasteiger partial charge on any atom is 0.278 e. The molecule has 1 heterocycles. The van der Waals surface area contributed by atoms with Crippen molar-refractivity contribution in [3.63, 3.8) is 0 Å². The molecule has 6 heteroatoms. The van der Waals surface area contributed by atoms with Crippen LogP contribution in [0, 0.1) is 0 Å². The number of rotatable bonds is 5. The summed E-state index contributed by atoms with van der Waals surface area (Å²) in [5.74, 6) is -0.331. The summed E-state index contributed by atoms with van der Waals surface area (Å²) in [5.41, 5.74) is 8.04. The van der Waals surface area contributed by atoms with E-state index in [4.69, 9.17) is 10.8 Å². The first kappa shape index (κ1) is 14.1. The van der Waals surface area contributed by atoms with E-state index < -0.39 is 0 Å². The van der Waals surface area contributed by atoms with E-state index in [-0.39, 0.29) is 18.2 Å². The standard InChI is InChI=1S/C14H18N4O2/c1-18-9-12(15)13(17-18)14(20)16-11-6-2-4-10(8-11)5-3-7-19/h2,4,6,8-9,19H,3,5,7,15H2,1H3,(H,16,20). The second-order valence-corrected chi connectivity index (χ2v) is 4.59. The highest BCUT2D eigenvalue weighted by atomic mass is 16.2. The molecule has 0 aliphatic carbocycles. The minimum Gasteiger partial charge on any atom is -0.396 e. The molecule has 0 aliphatic heterocycles. The van der Waals surface area contributed by atoms with Gasteiger partial charge in [-0.1, -0.05) is 12.1 Å². The van der Waals surface area contributed by atoms with Gasteiger partial charge in [-0.3, -0.25) is 9.48 Å². The fourth-order valence-corrected chi connectivity index (χ4v) is 1.96. The van der Waals surface area contributed by atoms with Gasteiger partial charge in [-0.15, -0.1) is 0 Å². The Morgan fingerprint density at radius 3 is 2.95 bits per heavy atom. The maximum atomic E-state index is 12.1. The van der Waals surface area contributed by atoms with Crippen LogP contribution in [0.1, 0.15) is 22.5 Å². The Balaban J connectivity index is 2.09. The Morgan fingerprint density at radius 2 is 2.30 bits per heavy atom. The molecular formula is C14H18N4O2. The molecule has 0 atom stereocenters. The first-order valence-corrected chi connectivity index (χ1v) is 6.40. The van der Waals surface area contributed by atoms with Crippen LogP contribution in [0.5, 0.6) is 0 Å². The smallest absolute Gasteiger partial charge is 0.278 e. The highest BCUT2D eigenvalue weighted by Crippen LogP contribution is 2.15. The summed E-state index contributed by atoms with van der Waals surface area (Å²) in [7, 11) is 1.71. The van der Waals surface area contributed by atoms with Gasteiger partial charge in [-0.2, -0.15) is 5.10 Å². The fraction of sp³-hybridized carbons (Fsp3) is 0.286. The average molecular weight is 274 g/mol. The average Bonchev–Trinajstić information content (AvgIpc) is 2.76. The van der Waals surface area contributed by atoms with Gasteiger partial charge in [-0.25, -0.2) is 0 Å². The second-order valence-electron chi connectivity index (χ2n) is 4.59. The Kier molecular flexibility index (Phi) is 4.37. The van der Waals surface area contributed by atoms with Crippen molar-refractivity contribution >= 4 is 17.3 Å². The van der Waals surface area contributed by atoms with Crippen molar-refractivity contribution in [2.24, 2.45) is 7.05 Å². The SMILES string of the molecule is Cn1cc(N)c(C(=O)Nc2cccc(CCCO)c2)n1. The van der Waals surface area contributed by atoms with Crippen LogP contribution < -0.4 is 11.1 Å². The molecule has 1 aromatic carbocycles. The third-order valence-electron chi connectivity index (χ3n) is 2.88. The van der Waals surface area contributed by atoms with Crippen LogP contribution in [0.2, 0.25) is 0 Å². The van der Waals surface area contributed by atoms with Gasteiger partial charge in [0, 0.05) is 25.5 Å². The van der Waals surface area contributed by atoms with Crippen LogP contribution in [0.4, 0.5) is 11.4 Å². The first-order chi connectivity index (χ1) is 9.60. The number of carbonyl (C=O) groups excluding carboxylic acids is 1. The maximum absolute atomic E-state index is 12.1. The van der Waals surface area contributed by atoms with Crippen LogP contribution in [0.3, 0.4) is 0 Å². The molecule has 2 rings (SSSR count). The molecule has 6 nitrogen and oxygen atoms in total. The molecule has 20 heavy (non-hydrogen) atoms. The molecule has 0 saturated carbocycles. The van der Waals surface area contributed by atoms with E-state index in [1.54, 1.807) is 19.3 Å². The number of aliphatic hydroxyl groups is 1. The summed E-state index contributed by atoms with van der Waals surface area (Å²) in [4.78, 5) is 12.1. The summed E-state index contributed by atoms with van der Waals surface area (Å²) in [6.45, 7) is 0.154. The quantitative estimate of drug-likeness (QED) is 0.763. The number of nitrogens with two attached hydrogens (primary N) is 1. The fourth-order valence-electron chi connectivity index (χ4n) is 1.96. The van der Waals surface area contributed by atoms with Crippen molar-refractivity contribution in [2.75, 3.05) is 17.7 Å². The van der Waals surface area contributed by atoms with Gasteiger partial charge >= 0.3 is 0 Å². The van der Waals surface area contributed by atoms with E-state index >= 15 is 0 Å². The number of aryl methyl sites for hydroxylation is 2. The normalized spacial score (nSPS) is 10.5. The molecule has 0 aliphatic rings. The molecule has 0 fully saturated rings. The highest BCUT2D eigenvalue weighted by Gasteiger charge is 2.14. The van der Waals surface area contributed by atoms with Gasteiger partial charge in [0.2, 0.25) is 0 Å². The van der Waals surface area contributed by atoms with Crippen LogP contribution in [0.25, 0.3) is 0 Å². The van der Waals surface area contributed by atoms with E-state index in [0.717, 1.165) is 12.0 Å². The summed E-state index contributed by atoms with van der Waals surface area (Å²) in [6, 6.07) is 7.51. The van der Waals surface area contributed by atoms with Gasteiger partial charge in [0.05, 0.1) is 5.69 Å². The Bertz CT molecular complexity index is 607. The zero-order valence-electron chi connectivity index (χ0n) is 11.3. The zero-order chi connectivity index (χ0) is 14.5. The molecule has 0 spiro atoms. The number of nitrogens with one attached hydrogen (secondary N) is 1. The first-order valence-electron chi connectivity index (χ1n) is 6.40. The van der Waals surface area contributed by atoms with Crippen molar-refractivity contribution in [2.45, 2.75) is 12.8 Å². The van der Waals surface area contributed by atoms with E-state index in [9.17, 15) is 4.79 Å². The third-order valence-corrected chi connectivity index (χ3v) is 2.88. The molecule has 1 amide bonds. The molecule has 0 saturated heterocycles. The zero-order valence-corrected chi connectivity index (χ0v) is 11.3. The van der Waals surface area contributed by atoms with Crippen LogP contribution in [0.15, 0.2) is 30.5 Å². The van der Waals surface area contributed by atoms with Gasteiger partial charge < -0.3 is 16.2 Å². The number of aromatic nitrogens is 2. The van der Waals surface area contributed by atoms with E-state index in [1.165, 1.54) is 4.68 Å². The molecule has 0 bridgehead atoms. The molecule has 0 unspecified atom stereocenters. The van der Waals surface area contributed by atoms with Gasteiger partial charge in [-0.05, 0) is 30.5 Å². The lowest BCUT2D eigenvalue weighted by molar-refractivity contribution is 0.102. The Hall–Kier alpha value is -2.34. The second kappa shape index (κ2) is 6.21. The largest absolute Gasteiger partial charge is 0.396 e. The van der Waals surface area contributed by atoms with Crippen molar-refractivity contribution < 1.29 is 9.90 Å². The van der Waals surface area contributed by atoms with Gasteiger partial charge in [0.25, 0.3) is 5.91 Å². The minimum atomic E-state index is -0.331. The topological polar surface area (TPSA) is 93.2 Å². The predicted octanol–water partition coefficient (Wildman–Crippen LogP) is 1.18. The van der Waals surface area contributed by atoms with Crippen LogP contribution in [-0.2, 0) is 13.5 Å². The number of hydrogen-bond donors (Lipinski definition) is 3. The minimum absolute atomic E-state index is 0.154. The Labute approximate surface area is 117 Å². The number of carbonyl (C=O) groups is 1. The lowest BCUT2D eigenvalue weighted by Crippen LogP contribution is -2.14. The van der Waals surface area contributed by atoms with E-state index in [2.05, 4.69) is 10.4 Å². The monoisotopic (exact) mass is 274 g/mol. The lowest BCUT2D eigenvalue weighted by atomic mass is 10.1. The third kappa shape index (κ3) is 3.36. The summed E-state index contributed by atoms with van der Waals surface area (Å²) in [6.07, 6.45) is 3.06. The molecule has 1 aromatic heterocycles. The summed E-state index contributed by atoms with van der Waals surface area (Å²) in [5, 5.41) is 15.6. The van der Waals surface area contributed by atoms with Crippen LogP contribution >= 0.6 is 0 Å². The summed E-state index contributed by atoms with van der Waals surface area (Å²) >= 11 is 0. The predicted molar refractivity (Wildman–Crippen MR) is 77.4 cm³/mol. The Morgan fingerprint density at radius 1 is 1.50 bits per heavy atom. The number of nitrogen functional groups attached to an aromatic ring is 1. The number of anilines is 2.